The molecule has 146 valence electrons. The molecule has 6 heteroatoms. The molecule has 4 rings (SSSR count). The van der Waals surface area contributed by atoms with Crippen LogP contribution in [0.3, 0.4) is 0 Å². The van der Waals surface area contributed by atoms with Crippen LogP contribution in [0.5, 0.6) is 5.75 Å². The molecule has 5 nitrogen and oxygen atoms in total. The molecular formula is C23H19ClN2O3. The van der Waals surface area contributed by atoms with Crippen LogP contribution in [0.4, 0.5) is 5.69 Å². The molecule has 1 aromatic heterocycles. The van der Waals surface area contributed by atoms with Crippen LogP contribution in [0, 0.1) is 0 Å². The van der Waals surface area contributed by atoms with E-state index in [1.165, 1.54) is 12.7 Å². The van der Waals surface area contributed by atoms with Gasteiger partial charge in [-0.1, -0.05) is 30.7 Å². The van der Waals surface area contributed by atoms with Crippen LogP contribution in [0.15, 0.2) is 65.1 Å². The van der Waals surface area contributed by atoms with E-state index in [1.807, 2.05) is 12.1 Å². The van der Waals surface area contributed by atoms with Crippen LogP contribution in [-0.4, -0.2) is 18.0 Å². The van der Waals surface area contributed by atoms with Gasteiger partial charge in [0.2, 0.25) is 5.89 Å². The highest BCUT2D eigenvalue weighted by molar-refractivity contribution is 6.32. The third kappa shape index (κ3) is 3.96. The number of aromatic nitrogens is 1. The summed E-state index contributed by atoms with van der Waals surface area (Å²) in [5.74, 6) is 0.799. The standard InChI is InChI=1S/C23H19ClN2O3/c1-3-14-4-6-15(7-5-14)23-26-19-13-17(9-11-21(19)29-23)25-22(27)16-8-10-20(28-2)18(24)12-16/h4-13H,3H2,1-2H3,(H,25,27). The Bertz CT molecular complexity index is 1180. The lowest BCUT2D eigenvalue weighted by atomic mass is 10.1. The molecule has 1 N–H and O–H groups in total. The van der Waals surface area contributed by atoms with Crippen molar-refractivity contribution < 1.29 is 13.9 Å². The van der Waals surface area contributed by atoms with Gasteiger partial charge in [0.05, 0.1) is 12.1 Å². The lowest BCUT2D eigenvalue weighted by Crippen LogP contribution is -2.11. The van der Waals surface area contributed by atoms with Gasteiger partial charge < -0.3 is 14.5 Å². The smallest absolute Gasteiger partial charge is 0.255 e. The van der Waals surface area contributed by atoms with Crippen molar-refractivity contribution in [1.82, 2.24) is 4.98 Å². The summed E-state index contributed by atoms with van der Waals surface area (Å²) in [5.41, 5.74) is 4.56. The third-order valence-electron chi connectivity index (χ3n) is 4.67. The van der Waals surface area contributed by atoms with Crippen LogP contribution in [0.25, 0.3) is 22.6 Å². The molecule has 0 saturated carbocycles. The number of oxazole rings is 1. The van der Waals surface area contributed by atoms with E-state index in [1.54, 1.807) is 36.4 Å². The summed E-state index contributed by atoms with van der Waals surface area (Å²) in [6.07, 6.45) is 0.982. The van der Waals surface area contributed by atoms with E-state index in [2.05, 4.69) is 29.4 Å². The number of nitrogens with one attached hydrogen (secondary N) is 1. The first kappa shape index (κ1) is 19.0. The second kappa shape index (κ2) is 7.97. The Morgan fingerprint density at radius 2 is 1.90 bits per heavy atom. The Balaban J connectivity index is 1.57. The Kier molecular flexibility index (Phi) is 5.23. The van der Waals surface area contributed by atoms with E-state index in [0.29, 0.717) is 39.0 Å². The molecule has 0 bridgehead atoms. The maximum atomic E-state index is 12.5. The number of carbonyl (C=O) groups is 1. The number of ether oxygens (including phenoxy) is 1. The quantitative estimate of drug-likeness (QED) is 0.443. The molecule has 0 saturated heterocycles. The predicted molar refractivity (Wildman–Crippen MR) is 115 cm³/mol. The molecular weight excluding hydrogens is 388 g/mol. The van der Waals surface area contributed by atoms with Crippen molar-refractivity contribution >= 4 is 34.3 Å². The zero-order chi connectivity index (χ0) is 20.4. The number of anilines is 1. The summed E-state index contributed by atoms with van der Waals surface area (Å²) in [5, 5.41) is 3.24. The molecule has 0 fully saturated rings. The first-order valence-corrected chi connectivity index (χ1v) is 9.60. The fourth-order valence-electron chi connectivity index (χ4n) is 3.02. The highest BCUT2D eigenvalue weighted by Crippen LogP contribution is 2.28. The third-order valence-corrected chi connectivity index (χ3v) is 4.96. The number of fused-ring (bicyclic) bond motifs is 1. The Morgan fingerprint density at radius 1 is 1.10 bits per heavy atom. The minimum Gasteiger partial charge on any atom is -0.495 e. The summed E-state index contributed by atoms with van der Waals surface area (Å²) in [6, 6.07) is 18.4. The fraction of sp³-hybridized carbons (Fsp3) is 0.130. The van der Waals surface area contributed by atoms with Crippen LogP contribution in [0.2, 0.25) is 5.02 Å². The normalized spacial score (nSPS) is 10.9. The number of rotatable bonds is 5. The topological polar surface area (TPSA) is 64.4 Å². The number of nitrogens with zero attached hydrogens (tertiary/aromatic N) is 1. The molecule has 0 aliphatic heterocycles. The summed E-state index contributed by atoms with van der Waals surface area (Å²) in [7, 11) is 1.53. The van der Waals surface area contributed by atoms with Crippen molar-refractivity contribution in [2.75, 3.05) is 12.4 Å². The van der Waals surface area contributed by atoms with E-state index < -0.39 is 0 Å². The van der Waals surface area contributed by atoms with Gasteiger partial charge in [0.15, 0.2) is 5.58 Å². The van der Waals surface area contributed by atoms with E-state index in [0.717, 1.165) is 12.0 Å². The van der Waals surface area contributed by atoms with Gasteiger partial charge in [-0.25, -0.2) is 4.98 Å². The van der Waals surface area contributed by atoms with Crippen LogP contribution < -0.4 is 10.1 Å². The van der Waals surface area contributed by atoms with Gasteiger partial charge in [-0.15, -0.1) is 0 Å². The van der Waals surface area contributed by atoms with Gasteiger partial charge in [0.1, 0.15) is 11.3 Å². The van der Waals surface area contributed by atoms with Crippen molar-refractivity contribution in [2.24, 2.45) is 0 Å². The minimum absolute atomic E-state index is 0.271. The van der Waals surface area contributed by atoms with Gasteiger partial charge >= 0.3 is 0 Å². The molecule has 0 aliphatic carbocycles. The average Bonchev–Trinajstić information content (AvgIpc) is 3.17. The van der Waals surface area contributed by atoms with Crippen molar-refractivity contribution in [3.8, 4) is 17.2 Å². The van der Waals surface area contributed by atoms with Crippen molar-refractivity contribution in [1.29, 1.82) is 0 Å². The Hall–Kier alpha value is -3.31. The number of hydrogen-bond acceptors (Lipinski definition) is 4. The van der Waals surface area contributed by atoms with E-state index in [-0.39, 0.29) is 5.91 Å². The molecule has 0 radical (unpaired) electrons. The second-order valence-corrected chi connectivity index (χ2v) is 6.96. The van der Waals surface area contributed by atoms with Gasteiger partial charge in [0, 0.05) is 16.8 Å². The maximum Gasteiger partial charge on any atom is 0.255 e. The fourth-order valence-corrected chi connectivity index (χ4v) is 3.28. The van der Waals surface area contributed by atoms with Crippen LogP contribution in [0.1, 0.15) is 22.8 Å². The van der Waals surface area contributed by atoms with E-state index in [4.69, 9.17) is 20.8 Å². The van der Waals surface area contributed by atoms with Gasteiger partial charge in [-0.3, -0.25) is 4.79 Å². The number of amides is 1. The molecule has 1 amide bonds. The largest absolute Gasteiger partial charge is 0.495 e. The highest BCUT2D eigenvalue weighted by atomic mass is 35.5. The molecule has 0 spiro atoms. The highest BCUT2D eigenvalue weighted by Gasteiger charge is 2.12. The number of methoxy groups -OCH3 is 1. The van der Waals surface area contributed by atoms with Gasteiger partial charge in [0.25, 0.3) is 5.91 Å². The van der Waals surface area contributed by atoms with Gasteiger partial charge in [-0.05, 0) is 60.5 Å². The van der Waals surface area contributed by atoms with E-state index in [9.17, 15) is 4.79 Å². The number of hydrogen-bond donors (Lipinski definition) is 1. The molecule has 1 heterocycles. The summed E-state index contributed by atoms with van der Waals surface area (Å²) in [4.78, 5) is 17.1. The predicted octanol–water partition coefficient (Wildman–Crippen LogP) is 5.97. The molecule has 0 aliphatic rings. The molecule has 4 aromatic rings. The summed E-state index contributed by atoms with van der Waals surface area (Å²) >= 11 is 6.11. The first-order valence-electron chi connectivity index (χ1n) is 9.22. The summed E-state index contributed by atoms with van der Waals surface area (Å²) < 4.78 is 11.0. The first-order chi connectivity index (χ1) is 14.1. The lowest BCUT2D eigenvalue weighted by Gasteiger charge is -2.07. The SMILES string of the molecule is CCc1ccc(-c2nc3cc(NC(=O)c4ccc(OC)c(Cl)c4)ccc3o2)cc1. The Labute approximate surface area is 173 Å². The lowest BCUT2D eigenvalue weighted by molar-refractivity contribution is 0.102. The Morgan fingerprint density at radius 3 is 2.59 bits per heavy atom. The van der Waals surface area contributed by atoms with Crippen molar-refractivity contribution in [3.63, 3.8) is 0 Å². The molecule has 0 atom stereocenters. The minimum atomic E-state index is -0.271. The van der Waals surface area contributed by atoms with Gasteiger partial charge in [-0.2, -0.15) is 0 Å². The molecule has 0 unspecified atom stereocenters. The maximum absolute atomic E-state index is 12.5. The number of halogens is 1. The van der Waals surface area contributed by atoms with Crippen LogP contribution in [-0.2, 0) is 6.42 Å². The number of aryl methyl sites for hydroxylation is 1. The molecule has 29 heavy (non-hydrogen) atoms. The van der Waals surface area contributed by atoms with Crippen molar-refractivity contribution in [2.45, 2.75) is 13.3 Å². The zero-order valence-electron chi connectivity index (χ0n) is 16.0. The monoisotopic (exact) mass is 406 g/mol. The van der Waals surface area contributed by atoms with Crippen molar-refractivity contribution in [3.05, 3.63) is 76.8 Å². The second-order valence-electron chi connectivity index (χ2n) is 6.56. The van der Waals surface area contributed by atoms with E-state index >= 15 is 0 Å². The average molecular weight is 407 g/mol. The number of carbonyl (C=O) groups excluding carboxylic acids is 1. The van der Waals surface area contributed by atoms with Crippen LogP contribution >= 0.6 is 11.6 Å². The molecule has 3 aromatic carbocycles. The number of benzene rings is 3. The zero-order valence-corrected chi connectivity index (χ0v) is 16.8. The summed E-state index contributed by atoms with van der Waals surface area (Å²) in [6.45, 7) is 2.12.